The number of nitrogens with zero attached hydrogens (tertiary/aromatic N) is 5. The number of benzene rings is 1. The van der Waals surface area contributed by atoms with E-state index >= 15 is 0 Å². The van der Waals surface area contributed by atoms with Gasteiger partial charge in [0.25, 0.3) is 5.89 Å². The third-order valence-corrected chi connectivity index (χ3v) is 3.31. The molecule has 4 rings (SSSR count). The summed E-state index contributed by atoms with van der Waals surface area (Å²) in [5.74, 6) is 0.800. The number of aromatic nitrogens is 5. The van der Waals surface area contributed by atoms with Gasteiger partial charge in [-0.1, -0.05) is 41.6 Å². The predicted octanol–water partition coefficient (Wildman–Crippen LogP) is 3.26. The van der Waals surface area contributed by atoms with Crippen molar-refractivity contribution in [3.63, 3.8) is 0 Å². The molecular weight excluding hydrogens is 290 g/mol. The van der Waals surface area contributed by atoms with Gasteiger partial charge >= 0.3 is 0 Å². The second-order valence-corrected chi connectivity index (χ2v) is 4.79. The van der Waals surface area contributed by atoms with Crippen molar-refractivity contribution in [2.45, 2.75) is 0 Å². The van der Waals surface area contributed by atoms with Gasteiger partial charge in [-0.25, -0.2) is 9.97 Å². The van der Waals surface area contributed by atoms with E-state index in [1.54, 1.807) is 12.4 Å². The van der Waals surface area contributed by atoms with Gasteiger partial charge in [0.15, 0.2) is 0 Å². The summed E-state index contributed by atoms with van der Waals surface area (Å²) < 4.78 is 5.39. The van der Waals surface area contributed by atoms with Crippen molar-refractivity contribution in [3.05, 3.63) is 67.3 Å². The second-order valence-electron chi connectivity index (χ2n) is 4.79. The summed E-state index contributed by atoms with van der Waals surface area (Å²) in [6.45, 7) is 0. The Morgan fingerprint density at radius 3 is 2.57 bits per heavy atom. The SMILES string of the molecule is c1ccc(-c2ncncc2-c2nc(-c3ccccn3)no2)cc1. The first-order valence-electron chi connectivity index (χ1n) is 7.03. The van der Waals surface area contributed by atoms with Gasteiger partial charge in [0.1, 0.15) is 12.0 Å². The Bertz CT molecular complexity index is 922. The molecule has 4 aromatic rings. The van der Waals surface area contributed by atoms with Crippen molar-refractivity contribution in [1.82, 2.24) is 25.1 Å². The number of pyridine rings is 1. The highest BCUT2D eigenvalue weighted by Gasteiger charge is 2.16. The normalized spacial score (nSPS) is 10.6. The van der Waals surface area contributed by atoms with Gasteiger partial charge in [-0.3, -0.25) is 4.98 Å². The fourth-order valence-corrected chi connectivity index (χ4v) is 2.24. The van der Waals surface area contributed by atoms with E-state index < -0.39 is 0 Å². The van der Waals surface area contributed by atoms with Gasteiger partial charge in [0.05, 0.1) is 11.3 Å². The van der Waals surface area contributed by atoms with E-state index in [1.165, 1.54) is 6.33 Å². The van der Waals surface area contributed by atoms with Crippen molar-refractivity contribution >= 4 is 0 Å². The highest BCUT2D eigenvalue weighted by molar-refractivity contribution is 5.76. The molecule has 0 unspecified atom stereocenters. The quantitative estimate of drug-likeness (QED) is 0.578. The Kier molecular flexibility index (Phi) is 3.32. The molecule has 3 aromatic heterocycles. The molecule has 6 nitrogen and oxygen atoms in total. The fraction of sp³-hybridized carbons (Fsp3) is 0. The van der Waals surface area contributed by atoms with Crippen molar-refractivity contribution < 1.29 is 4.52 Å². The molecule has 110 valence electrons. The minimum absolute atomic E-state index is 0.366. The molecule has 0 aliphatic rings. The van der Waals surface area contributed by atoms with Crippen LogP contribution in [0.25, 0.3) is 34.2 Å². The summed E-state index contributed by atoms with van der Waals surface area (Å²) in [7, 11) is 0. The number of hydrogen-bond donors (Lipinski definition) is 0. The van der Waals surface area contributed by atoms with Crippen LogP contribution in [0, 0.1) is 0 Å². The third-order valence-electron chi connectivity index (χ3n) is 3.31. The fourth-order valence-electron chi connectivity index (χ4n) is 2.24. The summed E-state index contributed by atoms with van der Waals surface area (Å²) in [6.07, 6.45) is 4.86. The maximum Gasteiger partial charge on any atom is 0.262 e. The van der Waals surface area contributed by atoms with E-state index in [4.69, 9.17) is 4.52 Å². The Morgan fingerprint density at radius 2 is 1.74 bits per heavy atom. The van der Waals surface area contributed by atoms with Crippen LogP contribution in [0.1, 0.15) is 0 Å². The average Bonchev–Trinajstić information content (AvgIpc) is 3.13. The lowest BCUT2D eigenvalue weighted by Gasteiger charge is -2.03. The molecule has 0 amide bonds. The van der Waals surface area contributed by atoms with Crippen LogP contribution in [-0.4, -0.2) is 25.1 Å². The van der Waals surface area contributed by atoms with E-state index in [9.17, 15) is 0 Å². The van der Waals surface area contributed by atoms with Crippen molar-refractivity contribution in [2.75, 3.05) is 0 Å². The average molecular weight is 301 g/mol. The van der Waals surface area contributed by atoms with E-state index in [0.29, 0.717) is 23.0 Å². The van der Waals surface area contributed by atoms with Gasteiger partial charge in [-0.2, -0.15) is 4.98 Å². The minimum atomic E-state index is 0.366. The first-order valence-corrected chi connectivity index (χ1v) is 7.03. The van der Waals surface area contributed by atoms with E-state index in [-0.39, 0.29) is 0 Å². The van der Waals surface area contributed by atoms with Crippen LogP contribution in [0.15, 0.2) is 71.8 Å². The van der Waals surface area contributed by atoms with Gasteiger partial charge in [0.2, 0.25) is 5.82 Å². The molecule has 3 heterocycles. The van der Waals surface area contributed by atoms with Crippen LogP contribution >= 0.6 is 0 Å². The first-order chi connectivity index (χ1) is 11.4. The monoisotopic (exact) mass is 301 g/mol. The van der Waals surface area contributed by atoms with Crippen molar-refractivity contribution in [2.24, 2.45) is 0 Å². The van der Waals surface area contributed by atoms with Crippen LogP contribution in [0.3, 0.4) is 0 Å². The summed E-state index contributed by atoms with van der Waals surface area (Å²) in [5, 5.41) is 3.99. The van der Waals surface area contributed by atoms with Crippen LogP contribution in [-0.2, 0) is 0 Å². The number of rotatable bonds is 3. The second kappa shape index (κ2) is 5.76. The Balaban J connectivity index is 1.79. The molecule has 0 aliphatic carbocycles. The van der Waals surface area contributed by atoms with Crippen molar-refractivity contribution in [1.29, 1.82) is 0 Å². The molecule has 1 aromatic carbocycles. The highest BCUT2D eigenvalue weighted by atomic mass is 16.5. The van der Waals surface area contributed by atoms with E-state index in [1.807, 2.05) is 48.5 Å². The molecule has 0 spiro atoms. The lowest BCUT2D eigenvalue weighted by atomic mass is 10.1. The minimum Gasteiger partial charge on any atom is -0.333 e. The summed E-state index contributed by atoms with van der Waals surface area (Å²) in [6, 6.07) is 15.3. The van der Waals surface area contributed by atoms with E-state index in [2.05, 4.69) is 25.1 Å². The highest BCUT2D eigenvalue weighted by Crippen LogP contribution is 2.29. The molecule has 0 aliphatic heterocycles. The molecule has 0 fully saturated rings. The smallest absolute Gasteiger partial charge is 0.262 e. The molecular formula is C17H11N5O. The molecule has 23 heavy (non-hydrogen) atoms. The van der Waals surface area contributed by atoms with Crippen LogP contribution < -0.4 is 0 Å². The van der Waals surface area contributed by atoms with Gasteiger partial charge < -0.3 is 4.52 Å². The Labute approximate surface area is 131 Å². The topological polar surface area (TPSA) is 77.6 Å². The standard InChI is InChI=1S/C17H11N5O/c1-2-6-12(7-3-1)15-13(10-18-11-20-15)17-21-16(22-23-17)14-8-4-5-9-19-14/h1-11H. The lowest BCUT2D eigenvalue weighted by Crippen LogP contribution is -1.91. The maximum absolute atomic E-state index is 5.39. The third kappa shape index (κ3) is 2.57. The van der Waals surface area contributed by atoms with E-state index in [0.717, 1.165) is 11.3 Å². The van der Waals surface area contributed by atoms with Crippen LogP contribution in [0.4, 0.5) is 0 Å². The Morgan fingerprint density at radius 1 is 0.870 bits per heavy atom. The Hall–Kier alpha value is -3.41. The van der Waals surface area contributed by atoms with Gasteiger partial charge in [0, 0.05) is 18.0 Å². The number of hydrogen-bond acceptors (Lipinski definition) is 6. The zero-order valence-corrected chi connectivity index (χ0v) is 12.0. The summed E-state index contributed by atoms with van der Waals surface area (Å²) >= 11 is 0. The summed E-state index contributed by atoms with van der Waals surface area (Å²) in [4.78, 5) is 17.1. The summed E-state index contributed by atoms with van der Waals surface area (Å²) in [5.41, 5.74) is 3.05. The predicted molar refractivity (Wildman–Crippen MR) is 84.0 cm³/mol. The van der Waals surface area contributed by atoms with Crippen molar-refractivity contribution in [3.8, 4) is 34.2 Å². The molecule has 0 saturated heterocycles. The van der Waals surface area contributed by atoms with Gasteiger partial charge in [-0.15, -0.1) is 0 Å². The largest absolute Gasteiger partial charge is 0.333 e. The molecule has 0 N–H and O–H groups in total. The zero-order valence-electron chi connectivity index (χ0n) is 12.0. The lowest BCUT2D eigenvalue weighted by molar-refractivity contribution is 0.432. The molecule has 0 saturated carbocycles. The molecule has 0 atom stereocenters. The zero-order chi connectivity index (χ0) is 15.5. The molecule has 0 bridgehead atoms. The molecule has 0 radical (unpaired) electrons. The van der Waals surface area contributed by atoms with Crippen LogP contribution in [0.5, 0.6) is 0 Å². The molecule has 6 heteroatoms. The van der Waals surface area contributed by atoms with Crippen LogP contribution in [0.2, 0.25) is 0 Å². The van der Waals surface area contributed by atoms with Gasteiger partial charge in [-0.05, 0) is 12.1 Å². The first kappa shape index (κ1) is 13.3. The maximum atomic E-state index is 5.39.